The summed E-state index contributed by atoms with van der Waals surface area (Å²) in [6, 6.07) is 17.1. The topological polar surface area (TPSA) is 42.9 Å². The van der Waals surface area contributed by atoms with Gasteiger partial charge in [0.2, 0.25) is 0 Å². The maximum absolute atomic E-state index is 12.5. The fourth-order valence-corrected chi connectivity index (χ4v) is 5.06. The maximum Gasteiger partial charge on any atom is 0.174 e. The van der Waals surface area contributed by atoms with Crippen molar-refractivity contribution in [2.24, 2.45) is 0 Å². The highest BCUT2D eigenvalue weighted by molar-refractivity contribution is 8.00. The van der Waals surface area contributed by atoms with E-state index in [0.29, 0.717) is 15.6 Å². The van der Waals surface area contributed by atoms with E-state index in [1.165, 1.54) is 18.1 Å². The molecular formula is C20H12Cl2N2OS2. The van der Waals surface area contributed by atoms with E-state index >= 15 is 0 Å². The number of halogens is 2. The van der Waals surface area contributed by atoms with Crippen molar-refractivity contribution in [2.45, 2.75) is 5.03 Å². The number of thiophene rings is 1. The van der Waals surface area contributed by atoms with Gasteiger partial charge < -0.3 is 0 Å². The van der Waals surface area contributed by atoms with Gasteiger partial charge in [-0.05, 0) is 29.8 Å². The molecule has 0 aliphatic heterocycles. The lowest BCUT2D eigenvalue weighted by Gasteiger charge is -2.04. The highest BCUT2D eigenvalue weighted by Gasteiger charge is 2.15. The van der Waals surface area contributed by atoms with Crippen LogP contribution in [0.3, 0.4) is 0 Å². The fraction of sp³-hybridized carbons (Fsp3) is 0.0500. The van der Waals surface area contributed by atoms with Gasteiger partial charge in [-0.3, -0.25) is 4.79 Å². The number of thioether (sulfide) groups is 1. The van der Waals surface area contributed by atoms with Gasteiger partial charge in [-0.1, -0.05) is 65.3 Å². The highest BCUT2D eigenvalue weighted by Crippen LogP contribution is 2.36. The van der Waals surface area contributed by atoms with Gasteiger partial charge in [0.25, 0.3) is 0 Å². The lowest BCUT2D eigenvalue weighted by Crippen LogP contribution is -2.03. The van der Waals surface area contributed by atoms with E-state index in [1.807, 2.05) is 18.2 Å². The third-order valence-corrected chi connectivity index (χ3v) is 6.57. The Morgan fingerprint density at radius 1 is 1.04 bits per heavy atom. The van der Waals surface area contributed by atoms with Gasteiger partial charge in [-0.15, -0.1) is 11.3 Å². The van der Waals surface area contributed by atoms with Crippen LogP contribution in [0.5, 0.6) is 0 Å². The predicted molar refractivity (Wildman–Crippen MR) is 114 cm³/mol. The number of benzene rings is 2. The molecule has 0 aliphatic carbocycles. The zero-order chi connectivity index (χ0) is 18.8. The molecule has 0 fully saturated rings. The minimum absolute atomic E-state index is 0.0630. The standard InChI is InChI=1S/C20H12Cl2N2OS2/c21-13-6-7-14(16(22)8-13)17(25)10-26-19-15-9-18(12-4-2-1-3-5-12)27-20(15)24-11-23-19/h1-9,11H,10H2. The molecule has 0 bridgehead atoms. The summed E-state index contributed by atoms with van der Waals surface area (Å²) in [6.07, 6.45) is 1.54. The SMILES string of the molecule is O=C(CSc1ncnc2sc(-c3ccccc3)cc12)c1ccc(Cl)cc1Cl. The van der Waals surface area contributed by atoms with E-state index in [9.17, 15) is 4.79 Å². The van der Waals surface area contributed by atoms with E-state index in [4.69, 9.17) is 23.2 Å². The minimum atomic E-state index is -0.0630. The van der Waals surface area contributed by atoms with Crippen molar-refractivity contribution in [1.82, 2.24) is 9.97 Å². The zero-order valence-corrected chi connectivity index (χ0v) is 17.0. The summed E-state index contributed by atoms with van der Waals surface area (Å²) in [5.41, 5.74) is 1.61. The van der Waals surface area contributed by atoms with Crippen LogP contribution in [0.4, 0.5) is 0 Å². The van der Waals surface area contributed by atoms with E-state index in [2.05, 4.69) is 28.2 Å². The number of ketones is 1. The van der Waals surface area contributed by atoms with E-state index in [0.717, 1.165) is 25.7 Å². The van der Waals surface area contributed by atoms with Crippen molar-refractivity contribution in [3.63, 3.8) is 0 Å². The number of rotatable bonds is 5. The largest absolute Gasteiger partial charge is 0.293 e. The second-order valence-corrected chi connectivity index (χ2v) is 8.55. The lowest BCUT2D eigenvalue weighted by atomic mass is 10.1. The molecule has 0 atom stereocenters. The molecule has 4 aromatic rings. The van der Waals surface area contributed by atoms with Gasteiger partial charge >= 0.3 is 0 Å². The quantitative estimate of drug-likeness (QED) is 0.202. The molecule has 0 saturated carbocycles. The third kappa shape index (κ3) is 4.01. The molecule has 3 nitrogen and oxygen atoms in total. The Bertz CT molecular complexity index is 1130. The van der Waals surface area contributed by atoms with Gasteiger partial charge in [-0.2, -0.15) is 0 Å². The summed E-state index contributed by atoms with van der Waals surface area (Å²) >= 11 is 15.0. The van der Waals surface area contributed by atoms with Gasteiger partial charge in [0.1, 0.15) is 16.2 Å². The molecule has 0 spiro atoms. The smallest absolute Gasteiger partial charge is 0.174 e. The second-order valence-electron chi connectivity index (χ2n) is 5.71. The third-order valence-electron chi connectivity index (χ3n) is 3.92. The van der Waals surface area contributed by atoms with Crippen LogP contribution in [0.2, 0.25) is 10.0 Å². The number of nitrogens with zero attached hydrogens (tertiary/aromatic N) is 2. The van der Waals surface area contributed by atoms with Gasteiger partial charge in [0.05, 0.1) is 10.8 Å². The average molecular weight is 431 g/mol. The molecule has 134 valence electrons. The van der Waals surface area contributed by atoms with Crippen LogP contribution in [0.25, 0.3) is 20.7 Å². The van der Waals surface area contributed by atoms with Crippen molar-refractivity contribution in [1.29, 1.82) is 0 Å². The average Bonchev–Trinajstić information content (AvgIpc) is 3.12. The Labute approximate surface area is 174 Å². The number of hydrogen-bond donors (Lipinski definition) is 0. The molecule has 2 aromatic heterocycles. The lowest BCUT2D eigenvalue weighted by molar-refractivity contribution is 0.102. The molecule has 0 amide bonds. The van der Waals surface area contributed by atoms with Gasteiger partial charge in [0, 0.05) is 20.8 Å². The Hall–Kier alpha value is -1.92. The van der Waals surface area contributed by atoms with Crippen LogP contribution < -0.4 is 0 Å². The normalized spacial score (nSPS) is 11.0. The molecule has 0 unspecified atom stereocenters. The number of carbonyl (C=O) groups is 1. The summed E-state index contributed by atoms with van der Waals surface area (Å²) in [6.45, 7) is 0. The van der Waals surface area contributed by atoms with E-state index < -0.39 is 0 Å². The fourth-order valence-electron chi connectivity index (χ4n) is 2.62. The second kappa shape index (κ2) is 7.98. The number of carbonyl (C=O) groups excluding carboxylic acids is 1. The van der Waals surface area contributed by atoms with Crippen molar-refractivity contribution >= 4 is 62.3 Å². The summed E-state index contributed by atoms with van der Waals surface area (Å²) in [5.74, 6) is 0.177. The first-order valence-corrected chi connectivity index (χ1v) is 10.6. The van der Waals surface area contributed by atoms with Crippen LogP contribution in [0, 0.1) is 0 Å². The van der Waals surface area contributed by atoms with Crippen molar-refractivity contribution in [3.05, 3.63) is 76.5 Å². The van der Waals surface area contributed by atoms with Crippen LogP contribution >= 0.6 is 46.3 Å². The van der Waals surface area contributed by atoms with Crippen LogP contribution in [-0.2, 0) is 0 Å². The summed E-state index contributed by atoms with van der Waals surface area (Å²) in [7, 11) is 0. The van der Waals surface area contributed by atoms with Crippen molar-refractivity contribution in [3.8, 4) is 10.4 Å². The monoisotopic (exact) mass is 430 g/mol. The number of fused-ring (bicyclic) bond motifs is 1. The number of hydrogen-bond acceptors (Lipinski definition) is 5. The first kappa shape index (κ1) is 18.4. The summed E-state index contributed by atoms with van der Waals surface area (Å²) in [5, 5.41) is 2.62. The number of aromatic nitrogens is 2. The van der Waals surface area contributed by atoms with E-state index in [-0.39, 0.29) is 11.5 Å². The molecule has 0 aliphatic rings. The molecule has 7 heteroatoms. The van der Waals surface area contributed by atoms with Crippen molar-refractivity contribution < 1.29 is 4.79 Å². The Morgan fingerprint density at radius 2 is 1.85 bits per heavy atom. The van der Waals surface area contributed by atoms with Crippen LogP contribution in [0.15, 0.2) is 66.0 Å². The first-order valence-electron chi connectivity index (χ1n) is 8.03. The van der Waals surface area contributed by atoms with E-state index in [1.54, 1.807) is 29.5 Å². The van der Waals surface area contributed by atoms with Crippen molar-refractivity contribution in [2.75, 3.05) is 5.75 Å². The van der Waals surface area contributed by atoms with Crippen LogP contribution in [0.1, 0.15) is 10.4 Å². The molecular weight excluding hydrogens is 419 g/mol. The molecule has 4 rings (SSSR count). The first-order chi connectivity index (χ1) is 13.1. The summed E-state index contributed by atoms with van der Waals surface area (Å²) in [4.78, 5) is 23.3. The predicted octanol–water partition coefficient (Wildman–Crippen LogP) is 6.64. The molecule has 0 saturated heterocycles. The Balaban J connectivity index is 1.59. The Kier molecular flexibility index (Phi) is 5.45. The summed E-state index contributed by atoms with van der Waals surface area (Å²) < 4.78 is 0. The molecule has 0 N–H and O–H groups in total. The molecule has 2 aromatic carbocycles. The highest BCUT2D eigenvalue weighted by atomic mass is 35.5. The molecule has 0 radical (unpaired) electrons. The molecule has 2 heterocycles. The number of Topliss-reactive ketones (excluding diaryl/α,β-unsaturated/α-hetero) is 1. The zero-order valence-electron chi connectivity index (χ0n) is 13.9. The molecule has 27 heavy (non-hydrogen) atoms. The Morgan fingerprint density at radius 3 is 2.63 bits per heavy atom. The van der Waals surface area contributed by atoms with Gasteiger partial charge in [-0.25, -0.2) is 9.97 Å². The van der Waals surface area contributed by atoms with Crippen LogP contribution in [-0.4, -0.2) is 21.5 Å². The van der Waals surface area contributed by atoms with Gasteiger partial charge in [0.15, 0.2) is 5.78 Å². The maximum atomic E-state index is 12.5. The minimum Gasteiger partial charge on any atom is -0.293 e.